The second-order valence-corrected chi connectivity index (χ2v) is 4.03. The smallest absolute Gasteiger partial charge is 0.407 e. The Balaban J connectivity index is 2.53. The molecule has 12 heavy (non-hydrogen) atoms. The number of rotatable bonds is 1. The van der Waals surface area contributed by atoms with Gasteiger partial charge in [0.2, 0.25) is 0 Å². The van der Waals surface area contributed by atoms with Gasteiger partial charge in [0, 0.05) is 17.9 Å². The van der Waals surface area contributed by atoms with Gasteiger partial charge in [-0.1, -0.05) is 15.9 Å². The minimum atomic E-state index is -0.784. The van der Waals surface area contributed by atoms with Crippen molar-refractivity contribution in [2.45, 2.75) is 25.8 Å². The molecule has 0 aromatic heterocycles. The third-order valence-electron chi connectivity index (χ3n) is 2.44. The molecule has 4 heteroatoms. The number of hydrogen-bond acceptors (Lipinski definition) is 1. The lowest BCUT2D eigenvalue weighted by Crippen LogP contribution is -2.45. The zero-order valence-corrected chi connectivity index (χ0v) is 8.75. The van der Waals surface area contributed by atoms with Crippen LogP contribution in [0.1, 0.15) is 19.8 Å². The van der Waals surface area contributed by atoms with E-state index < -0.39 is 6.09 Å². The normalized spacial score (nSPS) is 30.3. The summed E-state index contributed by atoms with van der Waals surface area (Å²) in [6.07, 6.45) is 1.34. The molecule has 2 atom stereocenters. The number of carbonyl (C=O) groups is 1. The first-order chi connectivity index (χ1) is 5.65. The Morgan fingerprint density at radius 2 is 2.33 bits per heavy atom. The molecule has 1 aliphatic rings. The Labute approximate surface area is 80.9 Å². The fourth-order valence-electron chi connectivity index (χ4n) is 1.57. The molecular formula is C8H14BrNO2. The highest BCUT2D eigenvalue weighted by molar-refractivity contribution is 9.09. The van der Waals surface area contributed by atoms with Crippen LogP contribution in [0.2, 0.25) is 0 Å². The van der Waals surface area contributed by atoms with Crippen LogP contribution < -0.4 is 0 Å². The van der Waals surface area contributed by atoms with E-state index in [0.717, 1.165) is 18.2 Å². The van der Waals surface area contributed by atoms with Crippen molar-refractivity contribution < 1.29 is 9.90 Å². The van der Waals surface area contributed by atoms with Crippen LogP contribution >= 0.6 is 15.9 Å². The Morgan fingerprint density at radius 3 is 2.83 bits per heavy atom. The molecule has 70 valence electrons. The van der Waals surface area contributed by atoms with Gasteiger partial charge in [0.15, 0.2) is 0 Å². The van der Waals surface area contributed by atoms with E-state index >= 15 is 0 Å². The summed E-state index contributed by atoms with van der Waals surface area (Å²) in [6, 6.07) is 0.192. The van der Waals surface area contributed by atoms with Gasteiger partial charge in [-0.25, -0.2) is 4.79 Å². The zero-order chi connectivity index (χ0) is 9.14. The molecule has 3 nitrogen and oxygen atoms in total. The summed E-state index contributed by atoms with van der Waals surface area (Å²) in [6.45, 7) is 2.65. The maximum atomic E-state index is 10.7. The highest BCUT2D eigenvalue weighted by Gasteiger charge is 2.27. The third kappa shape index (κ3) is 2.12. The molecule has 0 aromatic rings. The Morgan fingerprint density at radius 1 is 1.67 bits per heavy atom. The van der Waals surface area contributed by atoms with Crippen molar-refractivity contribution in [3.05, 3.63) is 0 Å². The largest absolute Gasteiger partial charge is 0.465 e. The number of alkyl halides is 1. The fourth-order valence-corrected chi connectivity index (χ4v) is 2.10. The van der Waals surface area contributed by atoms with Crippen LogP contribution in [0.25, 0.3) is 0 Å². The van der Waals surface area contributed by atoms with E-state index in [9.17, 15) is 4.79 Å². The third-order valence-corrected chi connectivity index (χ3v) is 3.36. The molecule has 1 fully saturated rings. The number of amides is 1. The SMILES string of the molecule is CC1CCC(CBr)CN1C(=O)O. The summed E-state index contributed by atoms with van der Waals surface area (Å²) in [5.41, 5.74) is 0. The lowest BCUT2D eigenvalue weighted by Gasteiger charge is -2.35. The fraction of sp³-hybridized carbons (Fsp3) is 0.875. The summed E-state index contributed by atoms with van der Waals surface area (Å²) in [5.74, 6) is 0.497. The van der Waals surface area contributed by atoms with Crippen LogP contribution in [0.5, 0.6) is 0 Å². The number of carboxylic acid groups (broad SMARTS) is 1. The molecule has 0 spiro atoms. The second kappa shape index (κ2) is 4.12. The van der Waals surface area contributed by atoms with Gasteiger partial charge >= 0.3 is 6.09 Å². The minimum absolute atomic E-state index is 0.192. The summed E-state index contributed by atoms with van der Waals surface area (Å²) in [7, 11) is 0. The molecule has 2 unspecified atom stereocenters. The second-order valence-electron chi connectivity index (χ2n) is 3.38. The van der Waals surface area contributed by atoms with Crippen molar-refractivity contribution in [3.63, 3.8) is 0 Å². The maximum absolute atomic E-state index is 10.7. The number of nitrogens with zero attached hydrogens (tertiary/aromatic N) is 1. The lowest BCUT2D eigenvalue weighted by molar-refractivity contribution is 0.0973. The molecule has 0 aliphatic carbocycles. The first kappa shape index (κ1) is 9.84. The van der Waals surface area contributed by atoms with Crippen molar-refractivity contribution in [2.75, 3.05) is 11.9 Å². The highest BCUT2D eigenvalue weighted by Crippen LogP contribution is 2.22. The predicted octanol–water partition coefficient (Wildman–Crippen LogP) is 2.16. The van der Waals surface area contributed by atoms with Gasteiger partial charge in [-0.2, -0.15) is 0 Å². The molecule has 0 aromatic carbocycles. The average Bonchev–Trinajstić information content (AvgIpc) is 2.05. The van der Waals surface area contributed by atoms with Gasteiger partial charge in [-0.05, 0) is 25.7 Å². The van der Waals surface area contributed by atoms with E-state index in [2.05, 4.69) is 15.9 Å². The van der Waals surface area contributed by atoms with Crippen molar-refractivity contribution in [1.29, 1.82) is 0 Å². The van der Waals surface area contributed by atoms with Crippen LogP contribution in [0, 0.1) is 5.92 Å². The standard InChI is InChI=1S/C8H14BrNO2/c1-6-2-3-7(4-9)5-10(6)8(11)12/h6-7H,2-5H2,1H3,(H,11,12). The predicted molar refractivity (Wildman–Crippen MR) is 50.7 cm³/mol. The topological polar surface area (TPSA) is 40.5 Å². The van der Waals surface area contributed by atoms with Gasteiger partial charge in [0.25, 0.3) is 0 Å². The van der Waals surface area contributed by atoms with E-state index in [-0.39, 0.29) is 6.04 Å². The Bertz CT molecular complexity index is 174. The van der Waals surface area contributed by atoms with Crippen LogP contribution in [-0.4, -0.2) is 34.0 Å². The van der Waals surface area contributed by atoms with Crippen LogP contribution in [0.15, 0.2) is 0 Å². The molecule has 1 aliphatic heterocycles. The van der Waals surface area contributed by atoms with E-state index in [1.807, 2.05) is 6.92 Å². The van der Waals surface area contributed by atoms with Gasteiger partial charge in [-0.15, -0.1) is 0 Å². The molecule has 0 radical (unpaired) electrons. The molecule has 0 saturated carbocycles. The summed E-state index contributed by atoms with van der Waals surface area (Å²) >= 11 is 3.39. The maximum Gasteiger partial charge on any atom is 0.407 e. The number of hydrogen-bond donors (Lipinski definition) is 1. The van der Waals surface area contributed by atoms with Crippen molar-refractivity contribution in [2.24, 2.45) is 5.92 Å². The summed E-state index contributed by atoms with van der Waals surface area (Å²) in [5, 5.41) is 9.74. The van der Waals surface area contributed by atoms with Gasteiger partial charge < -0.3 is 10.0 Å². The minimum Gasteiger partial charge on any atom is -0.465 e. The van der Waals surface area contributed by atoms with Crippen LogP contribution in [0.4, 0.5) is 4.79 Å². The van der Waals surface area contributed by atoms with Gasteiger partial charge in [-0.3, -0.25) is 0 Å². The van der Waals surface area contributed by atoms with Crippen molar-refractivity contribution in [3.8, 4) is 0 Å². The van der Waals surface area contributed by atoms with Crippen LogP contribution in [0.3, 0.4) is 0 Å². The van der Waals surface area contributed by atoms with E-state index in [0.29, 0.717) is 12.5 Å². The molecular weight excluding hydrogens is 222 g/mol. The van der Waals surface area contributed by atoms with Crippen molar-refractivity contribution in [1.82, 2.24) is 4.90 Å². The quantitative estimate of drug-likeness (QED) is 0.708. The Kier molecular flexibility index (Phi) is 3.38. The zero-order valence-electron chi connectivity index (χ0n) is 7.16. The summed E-state index contributed by atoms with van der Waals surface area (Å²) in [4.78, 5) is 12.3. The van der Waals surface area contributed by atoms with Gasteiger partial charge in [0.05, 0.1) is 0 Å². The monoisotopic (exact) mass is 235 g/mol. The molecule has 1 rings (SSSR count). The van der Waals surface area contributed by atoms with E-state index in [1.165, 1.54) is 4.90 Å². The first-order valence-electron chi connectivity index (χ1n) is 4.20. The van der Waals surface area contributed by atoms with Crippen LogP contribution in [-0.2, 0) is 0 Å². The molecule has 1 N–H and O–H groups in total. The number of likely N-dealkylation sites (tertiary alicyclic amines) is 1. The number of piperidine rings is 1. The summed E-state index contributed by atoms with van der Waals surface area (Å²) < 4.78 is 0. The average molecular weight is 236 g/mol. The lowest BCUT2D eigenvalue weighted by atomic mass is 9.95. The first-order valence-corrected chi connectivity index (χ1v) is 5.32. The Hall–Kier alpha value is -0.250. The molecule has 1 saturated heterocycles. The molecule has 1 heterocycles. The van der Waals surface area contributed by atoms with E-state index in [1.54, 1.807) is 0 Å². The highest BCUT2D eigenvalue weighted by atomic mass is 79.9. The number of halogens is 1. The van der Waals surface area contributed by atoms with Gasteiger partial charge in [0.1, 0.15) is 0 Å². The molecule has 0 bridgehead atoms. The van der Waals surface area contributed by atoms with Crippen molar-refractivity contribution >= 4 is 22.0 Å². The molecule has 1 amide bonds. The van der Waals surface area contributed by atoms with E-state index in [4.69, 9.17) is 5.11 Å².